The van der Waals surface area contributed by atoms with E-state index in [1.54, 1.807) is 11.7 Å². The minimum absolute atomic E-state index is 0.0327. The summed E-state index contributed by atoms with van der Waals surface area (Å²) in [5.41, 5.74) is 3.72. The third-order valence-corrected chi connectivity index (χ3v) is 5.75. The summed E-state index contributed by atoms with van der Waals surface area (Å²) in [6, 6.07) is 16.0. The maximum absolute atomic E-state index is 13.3. The standard InChI is InChI=1S/C25H30N4O3/c1-5-23-18(3)26-25-28(20-9-13-22(14-10-20)32-6-2)16-27(17-29(25)24(23)30)15-19-7-11-21(31-4)12-8-19/h7-14H,5-6,15-17H2,1-4H3. The molecular formula is C25H30N4O3. The first kappa shape index (κ1) is 21.9. The second-order valence-electron chi connectivity index (χ2n) is 7.88. The van der Waals surface area contributed by atoms with Gasteiger partial charge in [-0.3, -0.25) is 19.2 Å². The SMILES string of the molecule is CCOc1ccc(N2CN(Cc3ccc(OC)cc3)Cn3c2nc(C)c(CC)c3=O)cc1. The molecule has 0 unspecified atom stereocenters. The third kappa shape index (κ3) is 4.34. The van der Waals surface area contributed by atoms with Gasteiger partial charge in [0.2, 0.25) is 5.95 Å². The van der Waals surface area contributed by atoms with E-state index >= 15 is 0 Å². The van der Waals surface area contributed by atoms with Gasteiger partial charge in [0.05, 0.1) is 27.1 Å². The van der Waals surface area contributed by atoms with Crippen molar-refractivity contribution in [3.05, 3.63) is 75.7 Å². The van der Waals surface area contributed by atoms with Gasteiger partial charge in [-0.05, 0) is 62.2 Å². The highest BCUT2D eigenvalue weighted by Gasteiger charge is 2.27. The number of aromatic nitrogens is 2. The molecule has 0 spiro atoms. The quantitative estimate of drug-likeness (QED) is 0.558. The minimum Gasteiger partial charge on any atom is -0.497 e. The molecule has 1 aromatic heterocycles. The van der Waals surface area contributed by atoms with E-state index in [0.717, 1.165) is 34.0 Å². The summed E-state index contributed by atoms with van der Waals surface area (Å²) in [7, 11) is 1.66. The molecule has 7 heteroatoms. The molecule has 1 aliphatic rings. The van der Waals surface area contributed by atoms with E-state index in [1.165, 1.54) is 0 Å². The lowest BCUT2D eigenvalue weighted by Crippen LogP contribution is -2.47. The molecule has 7 nitrogen and oxygen atoms in total. The fourth-order valence-corrected chi connectivity index (χ4v) is 4.11. The van der Waals surface area contributed by atoms with Crippen LogP contribution in [0, 0.1) is 6.92 Å². The molecule has 0 saturated carbocycles. The lowest BCUT2D eigenvalue weighted by atomic mass is 10.2. The number of rotatable bonds is 7. The fraction of sp³-hybridized carbons (Fsp3) is 0.360. The molecule has 2 aromatic carbocycles. The number of benzene rings is 2. The van der Waals surface area contributed by atoms with Gasteiger partial charge in [0.25, 0.3) is 5.56 Å². The number of ether oxygens (including phenoxy) is 2. The van der Waals surface area contributed by atoms with Crippen molar-refractivity contribution in [3.8, 4) is 11.5 Å². The van der Waals surface area contributed by atoms with Gasteiger partial charge in [-0.25, -0.2) is 4.98 Å². The third-order valence-electron chi connectivity index (χ3n) is 5.75. The van der Waals surface area contributed by atoms with Gasteiger partial charge in [-0.1, -0.05) is 19.1 Å². The number of nitrogens with zero attached hydrogens (tertiary/aromatic N) is 4. The van der Waals surface area contributed by atoms with E-state index < -0.39 is 0 Å². The van der Waals surface area contributed by atoms with E-state index in [9.17, 15) is 4.79 Å². The summed E-state index contributed by atoms with van der Waals surface area (Å²) in [6.07, 6.45) is 0.666. The molecule has 0 N–H and O–H groups in total. The van der Waals surface area contributed by atoms with Crippen molar-refractivity contribution >= 4 is 11.6 Å². The molecule has 0 amide bonds. The molecule has 0 atom stereocenters. The van der Waals surface area contributed by atoms with Crippen molar-refractivity contribution in [2.24, 2.45) is 0 Å². The summed E-state index contributed by atoms with van der Waals surface area (Å²) in [5, 5.41) is 0. The van der Waals surface area contributed by atoms with E-state index in [1.807, 2.05) is 57.2 Å². The molecule has 1 aliphatic heterocycles. The number of aryl methyl sites for hydroxylation is 1. The predicted octanol–water partition coefficient (Wildman–Crippen LogP) is 4.09. The monoisotopic (exact) mass is 434 g/mol. The van der Waals surface area contributed by atoms with Crippen LogP contribution in [-0.2, 0) is 19.6 Å². The van der Waals surface area contributed by atoms with Crippen LogP contribution in [0.1, 0.15) is 30.7 Å². The second kappa shape index (κ2) is 9.44. The van der Waals surface area contributed by atoms with E-state index in [-0.39, 0.29) is 5.56 Å². The second-order valence-corrected chi connectivity index (χ2v) is 7.88. The number of hydrogen-bond donors (Lipinski definition) is 0. The van der Waals surface area contributed by atoms with Crippen LogP contribution in [0.4, 0.5) is 11.6 Å². The normalized spacial score (nSPS) is 13.7. The molecule has 3 aromatic rings. The van der Waals surface area contributed by atoms with Gasteiger partial charge in [0.15, 0.2) is 0 Å². The van der Waals surface area contributed by atoms with Crippen molar-refractivity contribution in [2.75, 3.05) is 25.3 Å². The first-order valence-electron chi connectivity index (χ1n) is 11.0. The first-order valence-corrected chi connectivity index (χ1v) is 11.0. The molecule has 32 heavy (non-hydrogen) atoms. The zero-order chi connectivity index (χ0) is 22.7. The van der Waals surface area contributed by atoms with Crippen LogP contribution in [0.3, 0.4) is 0 Å². The van der Waals surface area contributed by atoms with Crippen LogP contribution in [0.15, 0.2) is 53.3 Å². The van der Waals surface area contributed by atoms with Crippen molar-refractivity contribution < 1.29 is 9.47 Å². The van der Waals surface area contributed by atoms with Gasteiger partial charge < -0.3 is 9.47 Å². The van der Waals surface area contributed by atoms with Crippen LogP contribution < -0.4 is 19.9 Å². The van der Waals surface area contributed by atoms with Crippen LogP contribution in [0.5, 0.6) is 11.5 Å². The van der Waals surface area contributed by atoms with E-state index in [2.05, 4.69) is 21.9 Å². The van der Waals surface area contributed by atoms with Crippen LogP contribution in [-0.4, -0.2) is 34.8 Å². The largest absolute Gasteiger partial charge is 0.497 e. The molecule has 2 heterocycles. The number of fused-ring (bicyclic) bond motifs is 1. The molecule has 4 rings (SSSR count). The average molecular weight is 435 g/mol. The number of methoxy groups -OCH3 is 1. The topological polar surface area (TPSA) is 59.8 Å². The first-order chi connectivity index (χ1) is 15.5. The lowest BCUT2D eigenvalue weighted by Gasteiger charge is -2.38. The van der Waals surface area contributed by atoms with Crippen molar-refractivity contribution in [1.29, 1.82) is 0 Å². The Bertz CT molecular complexity index is 1120. The summed E-state index contributed by atoms with van der Waals surface area (Å²) in [4.78, 5) is 22.5. The van der Waals surface area contributed by atoms with Crippen molar-refractivity contribution in [1.82, 2.24) is 14.5 Å². The maximum atomic E-state index is 13.3. The van der Waals surface area contributed by atoms with Gasteiger partial charge in [-0.15, -0.1) is 0 Å². The van der Waals surface area contributed by atoms with E-state index in [4.69, 9.17) is 14.5 Å². The Balaban J connectivity index is 1.71. The molecular weight excluding hydrogens is 404 g/mol. The van der Waals surface area contributed by atoms with Crippen LogP contribution >= 0.6 is 0 Å². The van der Waals surface area contributed by atoms with Gasteiger partial charge >= 0.3 is 0 Å². The highest BCUT2D eigenvalue weighted by atomic mass is 16.5. The molecule has 0 bridgehead atoms. The molecule has 0 aliphatic carbocycles. The van der Waals surface area contributed by atoms with Crippen LogP contribution in [0.2, 0.25) is 0 Å². The maximum Gasteiger partial charge on any atom is 0.259 e. The highest BCUT2D eigenvalue weighted by Crippen LogP contribution is 2.30. The van der Waals surface area contributed by atoms with Gasteiger partial charge in [0, 0.05) is 23.5 Å². The predicted molar refractivity (Wildman–Crippen MR) is 126 cm³/mol. The molecule has 0 radical (unpaired) electrons. The Hall–Kier alpha value is -3.32. The zero-order valence-corrected chi connectivity index (χ0v) is 19.2. The summed E-state index contributed by atoms with van der Waals surface area (Å²) in [6.45, 7) is 8.33. The summed E-state index contributed by atoms with van der Waals surface area (Å²) >= 11 is 0. The smallest absolute Gasteiger partial charge is 0.259 e. The minimum atomic E-state index is 0.0327. The Morgan fingerprint density at radius 1 is 0.969 bits per heavy atom. The summed E-state index contributed by atoms with van der Waals surface area (Å²) in [5.74, 6) is 2.34. The number of hydrogen-bond acceptors (Lipinski definition) is 6. The van der Waals surface area contributed by atoms with Gasteiger partial charge in [0.1, 0.15) is 11.5 Å². The Morgan fingerprint density at radius 3 is 2.28 bits per heavy atom. The molecule has 0 fully saturated rings. The zero-order valence-electron chi connectivity index (χ0n) is 19.2. The van der Waals surface area contributed by atoms with Gasteiger partial charge in [-0.2, -0.15) is 0 Å². The molecule has 168 valence electrons. The molecule has 0 saturated heterocycles. The Morgan fingerprint density at radius 2 is 1.66 bits per heavy atom. The summed E-state index contributed by atoms with van der Waals surface area (Å²) < 4.78 is 12.7. The highest BCUT2D eigenvalue weighted by molar-refractivity contribution is 5.59. The lowest BCUT2D eigenvalue weighted by molar-refractivity contribution is 0.189. The van der Waals surface area contributed by atoms with E-state index in [0.29, 0.717) is 38.9 Å². The van der Waals surface area contributed by atoms with Crippen molar-refractivity contribution in [3.63, 3.8) is 0 Å². The van der Waals surface area contributed by atoms with Crippen molar-refractivity contribution in [2.45, 2.75) is 40.4 Å². The Labute approximate surface area is 188 Å². The average Bonchev–Trinajstić information content (AvgIpc) is 2.81. The Kier molecular flexibility index (Phi) is 6.46. The van der Waals surface area contributed by atoms with Crippen LogP contribution in [0.25, 0.3) is 0 Å². The number of anilines is 2. The fourth-order valence-electron chi connectivity index (χ4n) is 4.11.